The van der Waals surface area contributed by atoms with Gasteiger partial charge in [0.2, 0.25) is 5.16 Å². The van der Waals surface area contributed by atoms with E-state index < -0.39 is 17.5 Å². The average molecular weight is 406 g/mol. The fourth-order valence-corrected chi connectivity index (χ4v) is 3.55. The fraction of sp³-hybridized carbons (Fsp3) is 0.167. The highest BCUT2D eigenvalue weighted by Gasteiger charge is 2.30. The fourth-order valence-electron chi connectivity index (χ4n) is 2.73. The van der Waals surface area contributed by atoms with Crippen LogP contribution in [0, 0.1) is 17.5 Å². The first kappa shape index (κ1) is 18.4. The summed E-state index contributed by atoms with van der Waals surface area (Å²) in [6.45, 7) is -0.434. The van der Waals surface area contributed by atoms with Gasteiger partial charge in [-0.15, -0.1) is 10.2 Å². The van der Waals surface area contributed by atoms with Crippen molar-refractivity contribution < 1.29 is 22.7 Å². The SMILES string of the molecule is O=C1CSc2nnc(COc3cccc(F)c3)n2N1Cc1c(F)cccc1F. The van der Waals surface area contributed by atoms with E-state index in [-0.39, 0.29) is 41.9 Å². The Morgan fingerprint density at radius 3 is 2.57 bits per heavy atom. The number of amides is 1. The van der Waals surface area contributed by atoms with Crippen LogP contribution in [-0.2, 0) is 17.9 Å². The van der Waals surface area contributed by atoms with Gasteiger partial charge in [0.25, 0.3) is 5.91 Å². The molecule has 0 N–H and O–H groups in total. The van der Waals surface area contributed by atoms with Crippen LogP contribution in [0.4, 0.5) is 13.2 Å². The molecule has 1 aliphatic heterocycles. The first-order chi connectivity index (χ1) is 13.5. The van der Waals surface area contributed by atoms with Gasteiger partial charge < -0.3 is 4.74 Å². The van der Waals surface area contributed by atoms with Crippen LogP contribution < -0.4 is 9.75 Å². The molecule has 1 aliphatic rings. The van der Waals surface area contributed by atoms with E-state index in [1.807, 2.05) is 0 Å². The summed E-state index contributed by atoms with van der Waals surface area (Å²) in [4.78, 5) is 12.4. The van der Waals surface area contributed by atoms with Crippen molar-refractivity contribution in [3.8, 4) is 5.75 Å². The number of ether oxygens (including phenoxy) is 1. The molecule has 144 valence electrons. The number of fused-ring (bicyclic) bond motifs is 1. The lowest BCUT2D eigenvalue weighted by Crippen LogP contribution is -2.45. The van der Waals surface area contributed by atoms with Crippen LogP contribution in [-0.4, -0.2) is 26.5 Å². The van der Waals surface area contributed by atoms with E-state index >= 15 is 0 Å². The third-order valence-electron chi connectivity index (χ3n) is 4.06. The second-order valence-corrected chi connectivity index (χ2v) is 6.84. The van der Waals surface area contributed by atoms with E-state index in [9.17, 15) is 18.0 Å². The third-order valence-corrected chi connectivity index (χ3v) is 4.97. The normalized spacial score (nSPS) is 13.5. The van der Waals surface area contributed by atoms with Crippen molar-refractivity contribution in [2.75, 3.05) is 10.8 Å². The highest BCUT2D eigenvalue weighted by atomic mass is 32.2. The van der Waals surface area contributed by atoms with E-state index in [1.165, 1.54) is 34.0 Å². The monoisotopic (exact) mass is 406 g/mol. The molecule has 0 saturated carbocycles. The van der Waals surface area contributed by atoms with Crippen LogP contribution in [0.1, 0.15) is 11.4 Å². The van der Waals surface area contributed by atoms with Crippen molar-refractivity contribution >= 4 is 17.7 Å². The van der Waals surface area contributed by atoms with Gasteiger partial charge in [0, 0.05) is 11.6 Å². The van der Waals surface area contributed by atoms with Crippen molar-refractivity contribution in [3.05, 3.63) is 71.3 Å². The number of halogens is 3. The summed E-state index contributed by atoms with van der Waals surface area (Å²) < 4.78 is 48.3. The van der Waals surface area contributed by atoms with Gasteiger partial charge in [-0.05, 0) is 24.3 Å². The number of hydrogen-bond acceptors (Lipinski definition) is 5. The molecule has 0 aliphatic carbocycles. The van der Waals surface area contributed by atoms with Crippen LogP contribution in [0.2, 0.25) is 0 Å². The molecule has 0 spiro atoms. The molecule has 1 aromatic heterocycles. The quantitative estimate of drug-likeness (QED) is 0.652. The standard InChI is InChI=1S/C18H13F3N4O2S/c19-11-3-1-4-12(7-11)27-9-16-22-23-18-25(16)24(17(26)10-28-18)8-13-14(20)5-2-6-15(13)21/h1-7H,8-10H2. The van der Waals surface area contributed by atoms with Gasteiger partial charge in [0.1, 0.15) is 29.8 Å². The minimum absolute atomic E-state index is 0.0684. The number of carbonyl (C=O) groups excluding carboxylic acids is 1. The molecule has 10 heteroatoms. The second-order valence-electron chi connectivity index (χ2n) is 5.90. The number of nitrogens with zero attached hydrogens (tertiary/aromatic N) is 4. The van der Waals surface area contributed by atoms with E-state index in [0.29, 0.717) is 5.16 Å². The van der Waals surface area contributed by atoms with Gasteiger partial charge in [0.15, 0.2) is 5.82 Å². The number of thioether (sulfide) groups is 1. The Morgan fingerprint density at radius 2 is 1.82 bits per heavy atom. The summed E-state index contributed by atoms with van der Waals surface area (Å²) >= 11 is 1.16. The molecule has 0 unspecified atom stereocenters. The Kier molecular flexibility index (Phi) is 4.95. The van der Waals surface area contributed by atoms with Gasteiger partial charge in [-0.2, -0.15) is 0 Å². The van der Waals surface area contributed by atoms with Crippen molar-refractivity contribution in [1.82, 2.24) is 14.9 Å². The van der Waals surface area contributed by atoms with Crippen molar-refractivity contribution in [3.63, 3.8) is 0 Å². The van der Waals surface area contributed by atoms with Crippen LogP contribution in [0.25, 0.3) is 0 Å². The molecule has 0 atom stereocenters. The molecular formula is C18H13F3N4O2S. The Bertz CT molecular complexity index is 1020. The van der Waals surface area contributed by atoms with E-state index in [2.05, 4.69) is 10.2 Å². The topological polar surface area (TPSA) is 60.2 Å². The maximum atomic E-state index is 14.1. The Hall–Kier alpha value is -3.01. The summed E-state index contributed by atoms with van der Waals surface area (Å²) in [6, 6.07) is 9.07. The summed E-state index contributed by atoms with van der Waals surface area (Å²) in [5, 5.41) is 9.57. The van der Waals surface area contributed by atoms with E-state index in [4.69, 9.17) is 4.74 Å². The van der Waals surface area contributed by atoms with Crippen molar-refractivity contribution in [2.45, 2.75) is 18.3 Å². The predicted octanol–water partition coefficient (Wildman–Crippen LogP) is 3.04. The number of hydrogen-bond donors (Lipinski definition) is 0. The highest BCUT2D eigenvalue weighted by Crippen LogP contribution is 2.26. The Morgan fingerprint density at radius 1 is 1.07 bits per heavy atom. The average Bonchev–Trinajstić information content (AvgIpc) is 3.08. The molecule has 0 fully saturated rings. The molecule has 0 saturated heterocycles. The summed E-state index contributed by atoms with van der Waals surface area (Å²) in [5.74, 6) is -1.72. The van der Waals surface area contributed by atoms with Crippen LogP contribution >= 0.6 is 11.8 Å². The van der Waals surface area contributed by atoms with Gasteiger partial charge in [-0.3, -0.25) is 4.79 Å². The van der Waals surface area contributed by atoms with Crippen molar-refractivity contribution in [2.24, 2.45) is 0 Å². The lowest BCUT2D eigenvalue weighted by molar-refractivity contribution is -0.118. The Balaban J connectivity index is 1.62. The van der Waals surface area contributed by atoms with Crippen LogP contribution in [0.15, 0.2) is 47.6 Å². The lowest BCUT2D eigenvalue weighted by atomic mass is 10.2. The number of rotatable bonds is 5. The molecule has 6 nitrogen and oxygen atoms in total. The molecule has 2 aromatic carbocycles. The lowest BCUT2D eigenvalue weighted by Gasteiger charge is -2.29. The molecule has 1 amide bonds. The summed E-state index contributed by atoms with van der Waals surface area (Å²) in [7, 11) is 0. The first-order valence-corrected chi connectivity index (χ1v) is 9.20. The molecule has 4 rings (SSSR count). The zero-order valence-electron chi connectivity index (χ0n) is 14.3. The molecular weight excluding hydrogens is 393 g/mol. The zero-order valence-corrected chi connectivity index (χ0v) is 15.1. The molecule has 28 heavy (non-hydrogen) atoms. The number of benzene rings is 2. The van der Waals surface area contributed by atoms with Gasteiger partial charge in [-0.1, -0.05) is 23.9 Å². The minimum Gasteiger partial charge on any atom is -0.485 e. The van der Waals surface area contributed by atoms with Crippen molar-refractivity contribution in [1.29, 1.82) is 0 Å². The minimum atomic E-state index is -0.752. The molecule has 2 heterocycles. The number of carbonyl (C=O) groups is 1. The molecule has 3 aromatic rings. The highest BCUT2D eigenvalue weighted by molar-refractivity contribution is 7.99. The maximum absolute atomic E-state index is 14.1. The first-order valence-electron chi connectivity index (χ1n) is 8.22. The third kappa shape index (κ3) is 3.55. The maximum Gasteiger partial charge on any atom is 0.252 e. The zero-order chi connectivity index (χ0) is 19.7. The van der Waals surface area contributed by atoms with Crippen LogP contribution in [0.5, 0.6) is 5.75 Å². The second kappa shape index (κ2) is 7.55. The summed E-state index contributed by atoms with van der Waals surface area (Å²) in [5.41, 5.74) is -0.237. The molecule has 0 radical (unpaired) electrons. The Labute approximate surface area is 161 Å². The van der Waals surface area contributed by atoms with Crippen LogP contribution in [0.3, 0.4) is 0 Å². The predicted molar refractivity (Wildman–Crippen MR) is 94.8 cm³/mol. The van der Waals surface area contributed by atoms with Gasteiger partial charge in [0.05, 0.1) is 12.3 Å². The van der Waals surface area contributed by atoms with E-state index in [0.717, 1.165) is 23.9 Å². The summed E-state index contributed by atoms with van der Waals surface area (Å²) in [6.07, 6.45) is 0. The number of aromatic nitrogens is 3. The smallest absolute Gasteiger partial charge is 0.252 e. The largest absolute Gasteiger partial charge is 0.485 e. The molecule has 0 bridgehead atoms. The van der Waals surface area contributed by atoms with Gasteiger partial charge >= 0.3 is 0 Å². The van der Waals surface area contributed by atoms with E-state index in [1.54, 1.807) is 6.07 Å². The van der Waals surface area contributed by atoms with Gasteiger partial charge in [-0.25, -0.2) is 22.9 Å².